The Kier molecular flexibility index (Phi) is 5.03. The molecule has 0 aliphatic carbocycles. The van der Waals surface area contributed by atoms with E-state index < -0.39 is 0 Å². The van der Waals surface area contributed by atoms with Gasteiger partial charge in [-0.05, 0) is 17.6 Å². The van der Waals surface area contributed by atoms with Crippen LogP contribution in [0.3, 0.4) is 0 Å². The van der Waals surface area contributed by atoms with E-state index >= 15 is 0 Å². The zero-order valence-electron chi connectivity index (χ0n) is 11.4. The second-order valence-corrected chi connectivity index (χ2v) is 4.82. The third kappa shape index (κ3) is 4.01. The largest absolute Gasteiger partial charge is 0.395 e. The predicted octanol–water partition coefficient (Wildman–Crippen LogP) is 1.74. The van der Waals surface area contributed by atoms with Crippen molar-refractivity contribution in [2.24, 2.45) is 11.7 Å². The van der Waals surface area contributed by atoms with Gasteiger partial charge in [-0.15, -0.1) is 0 Å². The standard InChI is InChI=1S/C15H19N3O2/c1-11(13(16)10-19)9-14-17-15(20-18-14)8-7-12-5-3-2-4-6-12/h2-8,11,13,19H,9-10,16H2,1H3. The van der Waals surface area contributed by atoms with Crippen molar-refractivity contribution >= 4 is 12.2 Å². The highest BCUT2D eigenvalue weighted by atomic mass is 16.5. The van der Waals surface area contributed by atoms with Crippen molar-refractivity contribution < 1.29 is 9.63 Å². The van der Waals surface area contributed by atoms with Crippen LogP contribution < -0.4 is 5.73 Å². The average molecular weight is 273 g/mol. The molecular formula is C15H19N3O2. The van der Waals surface area contributed by atoms with Crippen molar-refractivity contribution in [1.29, 1.82) is 0 Å². The Morgan fingerprint density at radius 3 is 2.75 bits per heavy atom. The first-order valence-electron chi connectivity index (χ1n) is 6.61. The second-order valence-electron chi connectivity index (χ2n) is 4.82. The van der Waals surface area contributed by atoms with Gasteiger partial charge in [0.2, 0.25) is 0 Å². The molecule has 1 aromatic carbocycles. The number of nitrogens with two attached hydrogens (primary N) is 1. The molecule has 0 bridgehead atoms. The molecule has 20 heavy (non-hydrogen) atoms. The monoisotopic (exact) mass is 273 g/mol. The number of aliphatic hydroxyl groups excluding tert-OH is 1. The van der Waals surface area contributed by atoms with Gasteiger partial charge in [-0.1, -0.05) is 42.4 Å². The molecule has 2 rings (SSSR count). The van der Waals surface area contributed by atoms with Gasteiger partial charge < -0.3 is 15.4 Å². The molecule has 5 heteroatoms. The first-order valence-corrected chi connectivity index (χ1v) is 6.61. The van der Waals surface area contributed by atoms with E-state index in [-0.39, 0.29) is 18.6 Å². The Morgan fingerprint density at radius 2 is 2.05 bits per heavy atom. The zero-order valence-corrected chi connectivity index (χ0v) is 11.4. The summed E-state index contributed by atoms with van der Waals surface area (Å²) in [5, 5.41) is 12.9. The zero-order chi connectivity index (χ0) is 14.4. The lowest BCUT2D eigenvalue weighted by atomic mass is 10.00. The van der Waals surface area contributed by atoms with Crippen LogP contribution in [0.2, 0.25) is 0 Å². The molecule has 2 atom stereocenters. The molecule has 0 saturated carbocycles. The molecule has 0 saturated heterocycles. The van der Waals surface area contributed by atoms with Crippen LogP contribution in [0.15, 0.2) is 34.9 Å². The smallest absolute Gasteiger partial charge is 0.250 e. The number of nitrogens with zero attached hydrogens (tertiary/aromatic N) is 2. The van der Waals surface area contributed by atoms with Crippen LogP contribution in [-0.4, -0.2) is 27.9 Å². The van der Waals surface area contributed by atoms with E-state index in [9.17, 15) is 0 Å². The summed E-state index contributed by atoms with van der Waals surface area (Å²) in [4.78, 5) is 4.28. The number of hydrogen-bond acceptors (Lipinski definition) is 5. The summed E-state index contributed by atoms with van der Waals surface area (Å²) >= 11 is 0. The summed E-state index contributed by atoms with van der Waals surface area (Å²) in [5.74, 6) is 1.17. The van der Waals surface area contributed by atoms with E-state index in [4.69, 9.17) is 15.4 Å². The summed E-state index contributed by atoms with van der Waals surface area (Å²) in [5.41, 5.74) is 6.83. The molecule has 5 nitrogen and oxygen atoms in total. The van der Waals surface area contributed by atoms with Crippen molar-refractivity contribution in [3.8, 4) is 0 Å². The number of benzene rings is 1. The fraction of sp³-hybridized carbons (Fsp3) is 0.333. The number of hydrogen-bond donors (Lipinski definition) is 2. The maximum absolute atomic E-state index is 9.00. The molecule has 2 unspecified atom stereocenters. The van der Waals surface area contributed by atoms with Crippen molar-refractivity contribution in [2.75, 3.05) is 6.61 Å². The van der Waals surface area contributed by atoms with Gasteiger partial charge >= 0.3 is 0 Å². The van der Waals surface area contributed by atoms with Crippen molar-refractivity contribution in [3.63, 3.8) is 0 Å². The molecule has 1 aromatic heterocycles. The summed E-state index contributed by atoms with van der Waals surface area (Å²) in [6, 6.07) is 9.63. The summed E-state index contributed by atoms with van der Waals surface area (Å²) < 4.78 is 5.15. The van der Waals surface area contributed by atoms with E-state index in [2.05, 4.69) is 10.1 Å². The van der Waals surface area contributed by atoms with Crippen LogP contribution in [0.4, 0.5) is 0 Å². The van der Waals surface area contributed by atoms with E-state index in [0.717, 1.165) is 5.56 Å². The normalized spacial score (nSPS) is 14.6. The lowest BCUT2D eigenvalue weighted by molar-refractivity contribution is 0.230. The second kappa shape index (κ2) is 6.98. The molecule has 2 aromatic rings. The highest BCUT2D eigenvalue weighted by Crippen LogP contribution is 2.10. The maximum atomic E-state index is 9.00. The predicted molar refractivity (Wildman–Crippen MR) is 77.6 cm³/mol. The highest BCUT2D eigenvalue weighted by molar-refractivity contribution is 5.65. The van der Waals surface area contributed by atoms with Gasteiger partial charge in [0.15, 0.2) is 5.82 Å². The SMILES string of the molecule is CC(Cc1noc(C=Cc2ccccc2)n1)C(N)CO. The van der Waals surface area contributed by atoms with Crippen LogP contribution in [0.5, 0.6) is 0 Å². The van der Waals surface area contributed by atoms with Crippen LogP contribution >= 0.6 is 0 Å². The van der Waals surface area contributed by atoms with Crippen LogP contribution in [-0.2, 0) is 6.42 Å². The average Bonchev–Trinajstić information content (AvgIpc) is 2.92. The molecule has 0 radical (unpaired) electrons. The molecule has 0 amide bonds. The molecule has 0 spiro atoms. The van der Waals surface area contributed by atoms with Crippen molar-refractivity contribution in [2.45, 2.75) is 19.4 Å². The Morgan fingerprint density at radius 1 is 1.30 bits per heavy atom. The third-order valence-corrected chi connectivity index (χ3v) is 3.15. The number of aliphatic hydroxyl groups is 1. The molecule has 0 fully saturated rings. The van der Waals surface area contributed by atoms with Gasteiger partial charge in [0.1, 0.15) is 0 Å². The highest BCUT2D eigenvalue weighted by Gasteiger charge is 2.15. The number of aromatic nitrogens is 2. The quantitative estimate of drug-likeness (QED) is 0.837. The lowest BCUT2D eigenvalue weighted by Crippen LogP contribution is -2.33. The molecule has 0 aliphatic heterocycles. The minimum atomic E-state index is -0.267. The van der Waals surface area contributed by atoms with Gasteiger partial charge in [0, 0.05) is 18.5 Å². The maximum Gasteiger partial charge on any atom is 0.250 e. The van der Waals surface area contributed by atoms with Gasteiger partial charge in [-0.2, -0.15) is 4.98 Å². The number of rotatable bonds is 6. The van der Waals surface area contributed by atoms with Crippen LogP contribution in [0.25, 0.3) is 12.2 Å². The van der Waals surface area contributed by atoms with Crippen LogP contribution in [0, 0.1) is 5.92 Å². The van der Waals surface area contributed by atoms with Crippen molar-refractivity contribution in [3.05, 3.63) is 47.6 Å². The van der Waals surface area contributed by atoms with Gasteiger partial charge in [0.05, 0.1) is 6.61 Å². The van der Waals surface area contributed by atoms with E-state index in [1.165, 1.54) is 0 Å². The summed E-state index contributed by atoms with van der Waals surface area (Å²) in [7, 11) is 0. The van der Waals surface area contributed by atoms with Crippen LogP contribution in [0.1, 0.15) is 24.2 Å². The lowest BCUT2D eigenvalue weighted by Gasteiger charge is -2.14. The summed E-state index contributed by atoms with van der Waals surface area (Å²) in [6.07, 6.45) is 4.28. The first-order chi connectivity index (χ1) is 9.69. The Bertz CT molecular complexity index is 551. The molecular weight excluding hydrogens is 254 g/mol. The fourth-order valence-electron chi connectivity index (χ4n) is 1.77. The molecule has 106 valence electrons. The first kappa shape index (κ1) is 14.4. The van der Waals surface area contributed by atoms with Gasteiger partial charge in [0.25, 0.3) is 5.89 Å². The van der Waals surface area contributed by atoms with Crippen molar-refractivity contribution in [1.82, 2.24) is 10.1 Å². The molecule has 3 N–H and O–H groups in total. The fourth-order valence-corrected chi connectivity index (χ4v) is 1.77. The van der Waals surface area contributed by atoms with Gasteiger partial charge in [-0.3, -0.25) is 0 Å². The van der Waals surface area contributed by atoms with E-state index in [1.807, 2.05) is 43.3 Å². The Labute approximate surface area is 118 Å². The van der Waals surface area contributed by atoms with E-state index in [1.54, 1.807) is 6.08 Å². The molecule has 0 aliphatic rings. The Balaban J connectivity index is 1.97. The van der Waals surface area contributed by atoms with E-state index in [0.29, 0.717) is 18.1 Å². The minimum absolute atomic E-state index is 0.0419. The third-order valence-electron chi connectivity index (χ3n) is 3.15. The minimum Gasteiger partial charge on any atom is -0.395 e. The molecule has 1 heterocycles. The summed E-state index contributed by atoms with van der Waals surface area (Å²) in [6.45, 7) is 1.91. The topological polar surface area (TPSA) is 85.2 Å². The van der Waals surface area contributed by atoms with Gasteiger partial charge in [-0.25, -0.2) is 0 Å². The Hall–Kier alpha value is -1.98.